The van der Waals surface area contributed by atoms with Gasteiger partial charge in [-0.1, -0.05) is 6.07 Å². The van der Waals surface area contributed by atoms with Crippen LogP contribution >= 0.6 is 0 Å². The number of aromatic hydroxyl groups is 1. The number of rotatable bonds is 0. The summed E-state index contributed by atoms with van der Waals surface area (Å²) in [4.78, 5) is 0. The van der Waals surface area contributed by atoms with Crippen LogP contribution < -0.4 is 0 Å². The van der Waals surface area contributed by atoms with E-state index in [2.05, 4.69) is 0 Å². The first-order chi connectivity index (χ1) is 4.20. The average Bonchev–Trinajstić information content (AvgIpc) is 1.80. The van der Waals surface area contributed by atoms with Crippen molar-refractivity contribution in [3.8, 4) is 5.75 Å². The minimum atomic E-state index is 0. The molecule has 0 heterocycles. The van der Waals surface area contributed by atoms with Crippen molar-refractivity contribution in [1.82, 2.24) is 0 Å². The SMILES string of the molecule is Cc1ccc(O)cc1C.[LiH]. The molecule has 0 bridgehead atoms. The van der Waals surface area contributed by atoms with E-state index < -0.39 is 0 Å². The van der Waals surface area contributed by atoms with Gasteiger partial charge in [0.1, 0.15) is 5.75 Å². The van der Waals surface area contributed by atoms with Gasteiger partial charge in [-0.2, -0.15) is 0 Å². The van der Waals surface area contributed by atoms with Gasteiger partial charge in [0.15, 0.2) is 0 Å². The van der Waals surface area contributed by atoms with Crippen LogP contribution in [0.15, 0.2) is 18.2 Å². The zero-order valence-electron chi connectivity index (χ0n) is 5.68. The Bertz CT molecular complexity index is 220. The van der Waals surface area contributed by atoms with Crippen molar-refractivity contribution in [3.63, 3.8) is 0 Å². The Morgan fingerprint density at radius 1 is 1.10 bits per heavy atom. The van der Waals surface area contributed by atoms with E-state index in [9.17, 15) is 0 Å². The molecule has 0 spiro atoms. The van der Waals surface area contributed by atoms with Crippen LogP contribution in [-0.2, 0) is 0 Å². The molecule has 0 fully saturated rings. The molecule has 0 aliphatic heterocycles. The van der Waals surface area contributed by atoms with Gasteiger partial charge in [0.05, 0.1) is 0 Å². The fourth-order valence-electron chi connectivity index (χ4n) is 0.726. The van der Waals surface area contributed by atoms with E-state index in [1.165, 1.54) is 5.56 Å². The number of benzene rings is 1. The van der Waals surface area contributed by atoms with Crippen molar-refractivity contribution >= 4 is 18.9 Å². The standard InChI is InChI=1S/C8H10O.Li.H/c1-6-3-4-8(9)5-7(6)2;;/h3-5,9H,1-2H3;;. The van der Waals surface area contributed by atoms with Gasteiger partial charge in [0, 0.05) is 0 Å². The third kappa shape index (κ3) is 2.10. The number of hydrogen-bond acceptors (Lipinski definition) is 1. The summed E-state index contributed by atoms with van der Waals surface area (Å²) < 4.78 is 0. The third-order valence-corrected chi connectivity index (χ3v) is 1.49. The van der Waals surface area contributed by atoms with Gasteiger partial charge in [0.25, 0.3) is 0 Å². The van der Waals surface area contributed by atoms with Crippen LogP contribution in [0.5, 0.6) is 5.75 Å². The van der Waals surface area contributed by atoms with Gasteiger partial charge in [-0.05, 0) is 37.1 Å². The quantitative estimate of drug-likeness (QED) is 0.526. The fraction of sp³-hybridized carbons (Fsp3) is 0.250. The first-order valence-electron chi connectivity index (χ1n) is 2.96. The fourth-order valence-corrected chi connectivity index (χ4v) is 0.726. The maximum atomic E-state index is 8.94. The predicted octanol–water partition coefficient (Wildman–Crippen LogP) is 1.36. The summed E-state index contributed by atoms with van der Waals surface area (Å²) in [5.74, 6) is 0.345. The molecule has 1 aromatic rings. The molecule has 50 valence electrons. The summed E-state index contributed by atoms with van der Waals surface area (Å²) in [7, 11) is 0. The minimum absolute atomic E-state index is 0. The molecule has 0 saturated heterocycles. The van der Waals surface area contributed by atoms with Crippen LogP contribution in [0.1, 0.15) is 11.1 Å². The van der Waals surface area contributed by atoms with E-state index in [1.54, 1.807) is 12.1 Å². The predicted molar refractivity (Wildman–Crippen MR) is 44.7 cm³/mol. The average molecular weight is 130 g/mol. The van der Waals surface area contributed by atoms with Crippen molar-refractivity contribution in [3.05, 3.63) is 29.3 Å². The topological polar surface area (TPSA) is 20.2 Å². The van der Waals surface area contributed by atoms with Crippen LogP contribution in [0, 0.1) is 13.8 Å². The molecular formula is C8H11LiO. The van der Waals surface area contributed by atoms with Gasteiger partial charge < -0.3 is 5.11 Å². The van der Waals surface area contributed by atoms with Gasteiger partial charge in [-0.25, -0.2) is 0 Å². The van der Waals surface area contributed by atoms with E-state index in [0.717, 1.165) is 5.56 Å². The van der Waals surface area contributed by atoms with E-state index in [-0.39, 0.29) is 18.9 Å². The molecule has 0 unspecified atom stereocenters. The second kappa shape index (κ2) is 3.70. The zero-order valence-corrected chi connectivity index (χ0v) is 5.68. The first-order valence-corrected chi connectivity index (χ1v) is 2.96. The molecule has 0 aliphatic rings. The van der Waals surface area contributed by atoms with Crippen molar-refractivity contribution in [2.75, 3.05) is 0 Å². The van der Waals surface area contributed by atoms with E-state index in [1.807, 2.05) is 19.9 Å². The molecule has 0 atom stereocenters. The summed E-state index contributed by atoms with van der Waals surface area (Å²) >= 11 is 0. The Labute approximate surface area is 73.3 Å². The first kappa shape index (κ1) is 9.62. The Hall–Kier alpha value is -0.383. The maximum absolute atomic E-state index is 8.94. The molecule has 0 saturated carbocycles. The molecule has 0 amide bonds. The molecule has 1 N–H and O–H groups in total. The molecule has 1 aromatic carbocycles. The molecule has 1 rings (SSSR count). The number of aryl methyl sites for hydroxylation is 2. The molecule has 0 aromatic heterocycles. The number of phenols is 1. The second-order valence-corrected chi connectivity index (χ2v) is 2.27. The van der Waals surface area contributed by atoms with Crippen LogP contribution in [0.25, 0.3) is 0 Å². The van der Waals surface area contributed by atoms with Crippen molar-refractivity contribution in [2.24, 2.45) is 0 Å². The summed E-state index contributed by atoms with van der Waals surface area (Å²) in [5.41, 5.74) is 2.35. The van der Waals surface area contributed by atoms with Gasteiger partial charge >= 0.3 is 18.9 Å². The van der Waals surface area contributed by atoms with E-state index in [4.69, 9.17) is 5.11 Å². The number of hydrogen-bond donors (Lipinski definition) is 1. The Kier molecular flexibility index (Phi) is 3.56. The van der Waals surface area contributed by atoms with E-state index in [0.29, 0.717) is 5.75 Å². The Balaban J connectivity index is 0.000000810. The Morgan fingerprint density at radius 2 is 1.70 bits per heavy atom. The van der Waals surface area contributed by atoms with Crippen molar-refractivity contribution in [1.29, 1.82) is 0 Å². The molecule has 1 nitrogen and oxygen atoms in total. The van der Waals surface area contributed by atoms with Crippen LogP contribution in [0.4, 0.5) is 0 Å². The summed E-state index contributed by atoms with van der Waals surface area (Å²) in [5, 5.41) is 8.94. The normalized spacial score (nSPS) is 8.60. The molecular weight excluding hydrogens is 119 g/mol. The monoisotopic (exact) mass is 130 g/mol. The number of phenolic OH excluding ortho intramolecular Hbond substituents is 1. The van der Waals surface area contributed by atoms with Crippen LogP contribution in [0.2, 0.25) is 0 Å². The Morgan fingerprint density at radius 3 is 2.10 bits per heavy atom. The molecule has 10 heavy (non-hydrogen) atoms. The summed E-state index contributed by atoms with van der Waals surface area (Å²) in [6.07, 6.45) is 0. The van der Waals surface area contributed by atoms with Gasteiger partial charge in [0.2, 0.25) is 0 Å². The third-order valence-electron chi connectivity index (χ3n) is 1.49. The summed E-state index contributed by atoms with van der Waals surface area (Å²) in [6, 6.07) is 5.36. The molecule has 2 heteroatoms. The second-order valence-electron chi connectivity index (χ2n) is 2.27. The van der Waals surface area contributed by atoms with Crippen molar-refractivity contribution in [2.45, 2.75) is 13.8 Å². The van der Waals surface area contributed by atoms with Crippen LogP contribution in [0.3, 0.4) is 0 Å². The van der Waals surface area contributed by atoms with Gasteiger partial charge in [-0.3, -0.25) is 0 Å². The molecule has 0 radical (unpaired) electrons. The molecule has 0 aliphatic carbocycles. The summed E-state index contributed by atoms with van der Waals surface area (Å²) in [6.45, 7) is 4.00. The van der Waals surface area contributed by atoms with Gasteiger partial charge in [-0.15, -0.1) is 0 Å². The van der Waals surface area contributed by atoms with E-state index >= 15 is 0 Å². The van der Waals surface area contributed by atoms with Crippen LogP contribution in [-0.4, -0.2) is 24.0 Å². The van der Waals surface area contributed by atoms with Crippen molar-refractivity contribution < 1.29 is 5.11 Å². The zero-order chi connectivity index (χ0) is 6.85.